The number of anilines is 2. The average molecular weight is 315 g/mol. The monoisotopic (exact) mass is 314 g/mol. The third-order valence-corrected chi connectivity index (χ3v) is 3.11. The minimum absolute atomic E-state index is 0.259. The number of amides is 1. The Bertz CT molecular complexity index is 686. The third kappa shape index (κ3) is 3.28. The minimum Gasteiger partial charge on any atom is -0.398 e. The van der Waals surface area contributed by atoms with Crippen LogP contribution in [0.15, 0.2) is 42.5 Å². The van der Waals surface area contributed by atoms with Crippen molar-refractivity contribution in [2.45, 2.75) is 6.18 Å². The highest BCUT2D eigenvalue weighted by atomic mass is 35.5. The summed E-state index contributed by atoms with van der Waals surface area (Å²) < 4.78 is 38.3. The van der Waals surface area contributed by atoms with Crippen LogP contribution in [0, 0.1) is 0 Å². The number of halogens is 4. The van der Waals surface area contributed by atoms with Gasteiger partial charge in [0.15, 0.2) is 0 Å². The zero-order valence-electron chi connectivity index (χ0n) is 10.5. The smallest absolute Gasteiger partial charge is 0.398 e. The van der Waals surface area contributed by atoms with Gasteiger partial charge < -0.3 is 11.1 Å². The summed E-state index contributed by atoms with van der Waals surface area (Å²) in [6.07, 6.45) is -4.62. The number of benzene rings is 2. The Kier molecular flexibility index (Phi) is 4.09. The largest absolute Gasteiger partial charge is 0.418 e. The first-order valence-corrected chi connectivity index (χ1v) is 6.20. The van der Waals surface area contributed by atoms with Gasteiger partial charge in [-0.15, -0.1) is 0 Å². The molecule has 0 unspecified atom stereocenters. The van der Waals surface area contributed by atoms with E-state index in [1.165, 1.54) is 12.1 Å². The molecule has 3 nitrogen and oxygen atoms in total. The van der Waals surface area contributed by atoms with Crippen LogP contribution >= 0.6 is 11.6 Å². The Morgan fingerprint density at radius 1 is 1.10 bits per heavy atom. The molecule has 0 fully saturated rings. The molecule has 0 bridgehead atoms. The highest BCUT2D eigenvalue weighted by molar-refractivity contribution is 6.34. The predicted octanol–water partition coefficient (Wildman–Crippen LogP) is 4.19. The lowest BCUT2D eigenvalue weighted by Crippen LogP contribution is -2.17. The Balaban J connectivity index is 2.35. The lowest BCUT2D eigenvalue weighted by Gasteiger charge is -2.13. The average Bonchev–Trinajstić information content (AvgIpc) is 2.40. The second-order valence-electron chi connectivity index (χ2n) is 4.20. The number of hydrogen-bond donors (Lipinski definition) is 2. The second-order valence-corrected chi connectivity index (χ2v) is 4.61. The molecule has 110 valence electrons. The first-order chi connectivity index (χ1) is 9.80. The molecule has 3 N–H and O–H groups in total. The number of rotatable bonds is 2. The molecule has 0 aliphatic heterocycles. The summed E-state index contributed by atoms with van der Waals surface area (Å²) in [5.74, 6) is -0.758. The predicted molar refractivity (Wildman–Crippen MR) is 75.3 cm³/mol. The first kappa shape index (κ1) is 15.2. The molecule has 2 rings (SSSR count). The Morgan fingerprint density at radius 3 is 2.38 bits per heavy atom. The number of carbonyl (C=O) groups is 1. The Labute approximate surface area is 123 Å². The van der Waals surface area contributed by atoms with Gasteiger partial charge in [-0.3, -0.25) is 4.79 Å². The molecule has 0 heterocycles. The summed E-state index contributed by atoms with van der Waals surface area (Å²) in [7, 11) is 0. The topological polar surface area (TPSA) is 55.1 Å². The van der Waals surface area contributed by atoms with Gasteiger partial charge in [0.2, 0.25) is 0 Å². The van der Waals surface area contributed by atoms with Gasteiger partial charge in [0, 0.05) is 0 Å². The molecular weight excluding hydrogens is 305 g/mol. The highest BCUT2D eigenvalue weighted by Crippen LogP contribution is 2.35. The van der Waals surface area contributed by atoms with Gasteiger partial charge in [-0.2, -0.15) is 13.2 Å². The van der Waals surface area contributed by atoms with E-state index in [1.54, 1.807) is 18.2 Å². The Morgan fingerprint density at radius 2 is 1.76 bits per heavy atom. The van der Waals surface area contributed by atoms with Crippen LogP contribution in [0.4, 0.5) is 24.5 Å². The molecule has 0 spiro atoms. The fourth-order valence-electron chi connectivity index (χ4n) is 1.76. The fraction of sp³-hybridized carbons (Fsp3) is 0.0714. The minimum atomic E-state index is -4.62. The van der Waals surface area contributed by atoms with Gasteiger partial charge in [0.05, 0.1) is 27.5 Å². The highest BCUT2D eigenvalue weighted by Gasteiger charge is 2.34. The standard InChI is InChI=1S/C14H10ClF3N2O/c15-10-6-1-2-7-11(10)20-13(21)8-4-3-5-9(12(8)19)14(16,17)18/h1-7H,19H2,(H,20,21). The molecule has 0 saturated carbocycles. The third-order valence-electron chi connectivity index (χ3n) is 2.78. The van der Waals surface area contributed by atoms with Crippen LogP contribution < -0.4 is 11.1 Å². The van der Waals surface area contributed by atoms with Gasteiger partial charge in [0.25, 0.3) is 5.91 Å². The molecule has 7 heteroatoms. The van der Waals surface area contributed by atoms with Crippen LogP contribution in [0.25, 0.3) is 0 Å². The molecule has 1 amide bonds. The number of alkyl halides is 3. The van der Waals surface area contributed by atoms with Gasteiger partial charge in [0.1, 0.15) is 0 Å². The summed E-state index contributed by atoms with van der Waals surface area (Å²) in [5, 5.41) is 2.70. The van der Waals surface area contributed by atoms with E-state index < -0.39 is 23.3 Å². The van der Waals surface area contributed by atoms with Crippen molar-refractivity contribution in [2.24, 2.45) is 0 Å². The van der Waals surface area contributed by atoms with Crippen molar-refractivity contribution in [1.82, 2.24) is 0 Å². The number of nitrogens with two attached hydrogens (primary N) is 1. The SMILES string of the molecule is Nc1c(C(=O)Nc2ccccc2Cl)cccc1C(F)(F)F. The maximum absolute atomic E-state index is 12.8. The van der Waals surface area contributed by atoms with Crippen LogP contribution in [-0.4, -0.2) is 5.91 Å². The van der Waals surface area contributed by atoms with E-state index >= 15 is 0 Å². The molecule has 0 aromatic heterocycles. The number of carbonyl (C=O) groups excluding carboxylic acids is 1. The number of nitrogens with one attached hydrogen (secondary N) is 1. The lowest BCUT2D eigenvalue weighted by molar-refractivity contribution is -0.136. The van der Waals surface area contributed by atoms with Gasteiger partial charge >= 0.3 is 6.18 Å². The van der Waals surface area contributed by atoms with Gasteiger partial charge in [-0.05, 0) is 24.3 Å². The van der Waals surface area contributed by atoms with Crippen molar-refractivity contribution in [2.75, 3.05) is 11.1 Å². The zero-order chi connectivity index (χ0) is 15.6. The van der Waals surface area contributed by atoms with Crippen LogP contribution in [0.3, 0.4) is 0 Å². The van der Waals surface area contributed by atoms with Crippen LogP contribution in [0.2, 0.25) is 5.02 Å². The summed E-state index contributed by atoms with van der Waals surface area (Å²) in [5.41, 5.74) is 3.82. The van der Waals surface area contributed by atoms with Crippen molar-refractivity contribution >= 4 is 28.9 Å². The molecular formula is C14H10ClF3N2O. The molecule has 2 aromatic carbocycles. The summed E-state index contributed by atoms with van der Waals surface area (Å²) >= 11 is 5.87. The van der Waals surface area contributed by atoms with Crippen molar-refractivity contribution in [3.63, 3.8) is 0 Å². The summed E-state index contributed by atoms with van der Waals surface area (Å²) in [6, 6.07) is 9.55. The molecule has 0 saturated heterocycles. The first-order valence-electron chi connectivity index (χ1n) is 5.82. The van der Waals surface area contributed by atoms with E-state index in [-0.39, 0.29) is 10.6 Å². The number of nitrogen functional groups attached to an aromatic ring is 1. The Hall–Kier alpha value is -2.21. The van der Waals surface area contributed by atoms with Gasteiger partial charge in [-0.1, -0.05) is 29.8 Å². The van der Waals surface area contributed by atoms with Crippen molar-refractivity contribution in [3.05, 3.63) is 58.6 Å². The number of para-hydroxylation sites is 2. The molecule has 2 aromatic rings. The maximum Gasteiger partial charge on any atom is 0.418 e. The zero-order valence-corrected chi connectivity index (χ0v) is 11.3. The van der Waals surface area contributed by atoms with E-state index in [4.69, 9.17) is 17.3 Å². The van der Waals surface area contributed by atoms with E-state index in [1.807, 2.05) is 0 Å². The molecule has 0 aliphatic rings. The lowest BCUT2D eigenvalue weighted by atomic mass is 10.1. The van der Waals surface area contributed by atoms with Crippen molar-refractivity contribution in [3.8, 4) is 0 Å². The number of hydrogen-bond acceptors (Lipinski definition) is 2. The molecule has 0 aliphatic carbocycles. The van der Waals surface area contributed by atoms with Crippen molar-refractivity contribution in [1.29, 1.82) is 0 Å². The summed E-state index contributed by atoms with van der Waals surface area (Å²) in [6.45, 7) is 0. The summed E-state index contributed by atoms with van der Waals surface area (Å²) in [4.78, 5) is 12.0. The van der Waals surface area contributed by atoms with E-state index in [0.29, 0.717) is 5.69 Å². The fourth-order valence-corrected chi connectivity index (χ4v) is 1.95. The maximum atomic E-state index is 12.8. The van der Waals surface area contributed by atoms with E-state index in [0.717, 1.165) is 12.1 Å². The van der Waals surface area contributed by atoms with Gasteiger partial charge in [-0.25, -0.2) is 0 Å². The van der Waals surface area contributed by atoms with Crippen LogP contribution in [0.1, 0.15) is 15.9 Å². The second kappa shape index (κ2) is 5.65. The molecule has 0 radical (unpaired) electrons. The normalized spacial score (nSPS) is 11.2. The van der Waals surface area contributed by atoms with Crippen LogP contribution in [-0.2, 0) is 6.18 Å². The molecule has 21 heavy (non-hydrogen) atoms. The van der Waals surface area contributed by atoms with Crippen molar-refractivity contribution < 1.29 is 18.0 Å². The van der Waals surface area contributed by atoms with Crippen LogP contribution in [0.5, 0.6) is 0 Å². The quantitative estimate of drug-likeness (QED) is 0.816. The molecule has 0 atom stereocenters. The van der Waals surface area contributed by atoms with E-state index in [9.17, 15) is 18.0 Å². The van der Waals surface area contributed by atoms with E-state index in [2.05, 4.69) is 5.32 Å².